The first-order valence-electron chi connectivity index (χ1n) is 24.2. The van der Waals surface area contributed by atoms with Gasteiger partial charge in [0.05, 0.1) is 18.8 Å². The van der Waals surface area contributed by atoms with E-state index in [4.69, 9.17) is 0 Å². The number of aliphatic hydroxyl groups is 2. The number of hydrogen-bond donors (Lipinski definition) is 3. The summed E-state index contributed by atoms with van der Waals surface area (Å²) >= 11 is 0. The smallest absolute Gasteiger partial charge is 0.220 e. The molecule has 3 N–H and O–H groups in total. The fourth-order valence-electron chi connectivity index (χ4n) is 7.04. The van der Waals surface area contributed by atoms with Crippen LogP contribution in [0.3, 0.4) is 0 Å². The number of amides is 1. The van der Waals surface area contributed by atoms with E-state index in [0.29, 0.717) is 6.42 Å². The maximum absolute atomic E-state index is 12.4. The van der Waals surface area contributed by atoms with Gasteiger partial charge in [-0.1, -0.05) is 241 Å². The van der Waals surface area contributed by atoms with Gasteiger partial charge < -0.3 is 15.5 Å². The van der Waals surface area contributed by atoms with Crippen molar-refractivity contribution in [2.24, 2.45) is 0 Å². The molecule has 324 valence electrons. The highest BCUT2D eigenvalue weighted by molar-refractivity contribution is 5.76. The number of rotatable bonds is 43. The van der Waals surface area contributed by atoms with E-state index in [9.17, 15) is 15.0 Å². The molecule has 0 aromatic rings. The second-order valence-electron chi connectivity index (χ2n) is 16.1. The largest absolute Gasteiger partial charge is 0.394 e. The Bertz CT molecular complexity index is 977. The number of allylic oxidation sites excluding steroid dienone is 11. The molecular formula is C52H93NO3. The SMILES string of the molecule is CC/C=C\C/C=C\C/C=C\C/C=C\C/C=C\CCCC(=O)NC(CO)C(O)/C=C/CCCCCCCCCCCCCCCCCCCCCCCCCCC. The molecule has 1 amide bonds. The molecule has 2 unspecified atom stereocenters. The van der Waals surface area contributed by atoms with Crippen LogP contribution in [0.15, 0.2) is 72.9 Å². The Labute approximate surface area is 349 Å². The summed E-state index contributed by atoms with van der Waals surface area (Å²) in [5, 5.41) is 23.0. The molecule has 0 saturated carbocycles. The zero-order chi connectivity index (χ0) is 40.7. The highest BCUT2D eigenvalue weighted by Gasteiger charge is 2.17. The second-order valence-corrected chi connectivity index (χ2v) is 16.1. The van der Waals surface area contributed by atoms with E-state index in [1.807, 2.05) is 6.08 Å². The Balaban J connectivity index is 3.59. The van der Waals surface area contributed by atoms with Gasteiger partial charge in [-0.2, -0.15) is 0 Å². The molecule has 0 aliphatic heterocycles. The predicted molar refractivity (Wildman–Crippen MR) is 248 cm³/mol. The number of carbonyl (C=O) groups excluding carboxylic acids is 1. The van der Waals surface area contributed by atoms with E-state index in [-0.39, 0.29) is 12.5 Å². The molecule has 0 radical (unpaired) electrons. The molecule has 0 aliphatic carbocycles. The first kappa shape index (κ1) is 53.8. The van der Waals surface area contributed by atoms with Crippen LogP contribution in [-0.4, -0.2) is 34.9 Å². The molecule has 0 aromatic carbocycles. The predicted octanol–water partition coefficient (Wildman–Crippen LogP) is 15.5. The minimum absolute atomic E-state index is 0.121. The van der Waals surface area contributed by atoms with Crippen LogP contribution in [-0.2, 0) is 4.79 Å². The van der Waals surface area contributed by atoms with Gasteiger partial charge in [0.15, 0.2) is 0 Å². The fraction of sp³-hybridized carbons (Fsp3) is 0.750. The zero-order valence-corrected chi connectivity index (χ0v) is 37.1. The van der Waals surface area contributed by atoms with Crippen molar-refractivity contribution in [3.63, 3.8) is 0 Å². The number of unbranched alkanes of at least 4 members (excludes halogenated alkanes) is 26. The van der Waals surface area contributed by atoms with Gasteiger partial charge in [-0.05, 0) is 57.8 Å². The molecule has 56 heavy (non-hydrogen) atoms. The lowest BCUT2D eigenvalue weighted by atomic mass is 10.0. The normalized spacial score (nSPS) is 13.6. The van der Waals surface area contributed by atoms with E-state index >= 15 is 0 Å². The lowest BCUT2D eigenvalue weighted by Crippen LogP contribution is -2.45. The Hall–Kier alpha value is -2.17. The van der Waals surface area contributed by atoms with Crippen LogP contribution in [0.4, 0.5) is 0 Å². The number of hydrogen-bond acceptors (Lipinski definition) is 3. The van der Waals surface area contributed by atoms with E-state index in [2.05, 4.69) is 79.9 Å². The molecule has 0 fully saturated rings. The van der Waals surface area contributed by atoms with Gasteiger partial charge in [-0.3, -0.25) is 4.79 Å². The van der Waals surface area contributed by atoms with Crippen molar-refractivity contribution in [3.05, 3.63) is 72.9 Å². The third-order valence-electron chi connectivity index (χ3n) is 10.7. The molecule has 4 heteroatoms. The average molecular weight is 780 g/mol. The summed E-state index contributed by atoms with van der Waals surface area (Å²) in [5.41, 5.74) is 0. The van der Waals surface area contributed by atoms with Crippen LogP contribution in [0, 0.1) is 0 Å². The molecule has 0 saturated heterocycles. The van der Waals surface area contributed by atoms with Crippen molar-refractivity contribution in [2.45, 2.75) is 244 Å². The quantitative estimate of drug-likeness (QED) is 0.0426. The van der Waals surface area contributed by atoms with Gasteiger partial charge in [-0.15, -0.1) is 0 Å². The van der Waals surface area contributed by atoms with Gasteiger partial charge >= 0.3 is 0 Å². The van der Waals surface area contributed by atoms with Crippen LogP contribution >= 0.6 is 0 Å². The van der Waals surface area contributed by atoms with E-state index in [1.165, 1.54) is 154 Å². The van der Waals surface area contributed by atoms with Gasteiger partial charge in [0.25, 0.3) is 0 Å². The van der Waals surface area contributed by atoms with Crippen molar-refractivity contribution < 1.29 is 15.0 Å². The third-order valence-corrected chi connectivity index (χ3v) is 10.7. The van der Waals surface area contributed by atoms with Crippen molar-refractivity contribution in [2.75, 3.05) is 6.61 Å². The van der Waals surface area contributed by atoms with Crippen molar-refractivity contribution >= 4 is 5.91 Å². The summed E-state index contributed by atoms with van der Waals surface area (Å²) in [7, 11) is 0. The van der Waals surface area contributed by atoms with Gasteiger partial charge in [0, 0.05) is 6.42 Å². The number of aliphatic hydroxyl groups excluding tert-OH is 2. The van der Waals surface area contributed by atoms with Gasteiger partial charge in [0.1, 0.15) is 0 Å². The Morgan fingerprint density at radius 3 is 1.16 bits per heavy atom. The summed E-state index contributed by atoms with van der Waals surface area (Å²) < 4.78 is 0. The molecule has 0 bridgehead atoms. The molecular weight excluding hydrogens is 687 g/mol. The van der Waals surface area contributed by atoms with E-state index in [0.717, 1.165) is 57.8 Å². The highest BCUT2D eigenvalue weighted by atomic mass is 16.3. The maximum atomic E-state index is 12.4. The Morgan fingerprint density at radius 2 is 0.786 bits per heavy atom. The first-order chi connectivity index (χ1) is 27.7. The Kier molecular flexibility index (Phi) is 45.4. The molecule has 0 aromatic heterocycles. The monoisotopic (exact) mass is 780 g/mol. The molecule has 0 rings (SSSR count). The zero-order valence-electron chi connectivity index (χ0n) is 37.1. The second kappa shape index (κ2) is 47.2. The Morgan fingerprint density at radius 1 is 0.446 bits per heavy atom. The van der Waals surface area contributed by atoms with E-state index in [1.54, 1.807) is 6.08 Å². The van der Waals surface area contributed by atoms with Crippen LogP contribution in [0.5, 0.6) is 0 Å². The molecule has 2 atom stereocenters. The summed E-state index contributed by atoms with van der Waals surface area (Å²) in [5.74, 6) is -0.121. The van der Waals surface area contributed by atoms with E-state index < -0.39 is 12.1 Å². The molecule has 4 nitrogen and oxygen atoms in total. The summed E-state index contributed by atoms with van der Waals surface area (Å²) in [6.45, 7) is 4.18. The first-order valence-corrected chi connectivity index (χ1v) is 24.2. The standard InChI is InChI=1S/C52H93NO3/c1-3-5-7-9-11-13-15-17-19-21-22-23-24-25-26-27-28-29-30-32-33-35-37-39-41-43-45-47-51(55)50(49-54)53-52(56)48-46-44-42-40-38-36-34-31-20-18-16-14-12-10-8-6-4-2/h6,8,12,14,18,20,34,36,40,42,45,47,50-51,54-55H,3-5,7,9-11,13,15-17,19,21-33,35,37-39,41,43-44,46,48-49H2,1-2H3,(H,53,56)/b8-6-,14-12-,20-18-,36-34-,42-40-,47-45+. The van der Waals surface area contributed by atoms with Crippen LogP contribution in [0.2, 0.25) is 0 Å². The topological polar surface area (TPSA) is 69.6 Å². The minimum atomic E-state index is -0.867. The average Bonchev–Trinajstić information content (AvgIpc) is 3.20. The summed E-state index contributed by atoms with van der Waals surface area (Å²) in [6.07, 6.45) is 67.5. The summed E-state index contributed by atoms with van der Waals surface area (Å²) in [6, 6.07) is -0.656. The van der Waals surface area contributed by atoms with Gasteiger partial charge in [0.2, 0.25) is 5.91 Å². The minimum Gasteiger partial charge on any atom is -0.394 e. The molecule has 0 spiro atoms. The van der Waals surface area contributed by atoms with Crippen LogP contribution < -0.4 is 5.32 Å². The number of carbonyl (C=O) groups is 1. The fourth-order valence-corrected chi connectivity index (χ4v) is 7.04. The van der Waals surface area contributed by atoms with Crippen molar-refractivity contribution in [1.82, 2.24) is 5.32 Å². The maximum Gasteiger partial charge on any atom is 0.220 e. The molecule has 0 aliphatic rings. The van der Waals surface area contributed by atoms with Crippen molar-refractivity contribution in [3.8, 4) is 0 Å². The highest BCUT2D eigenvalue weighted by Crippen LogP contribution is 2.16. The summed E-state index contributed by atoms with van der Waals surface area (Å²) in [4.78, 5) is 12.4. The lowest BCUT2D eigenvalue weighted by Gasteiger charge is -2.19. The van der Waals surface area contributed by atoms with Crippen LogP contribution in [0.25, 0.3) is 0 Å². The third kappa shape index (κ3) is 43.0. The molecule has 0 heterocycles. The van der Waals surface area contributed by atoms with Gasteiger partial charge in [-0.25, -0.2) is 0 Å². The lowest BCUT2D eigenvalue weighted by molar-refractivity contribution is -0.122. The van der Waals surface area contributed by atoms with Crippen molar-refractivity contribution in [1.29, 1.82) is 0 Å². The number of nitrogens with one attached hydrogen (secondary N) is 1. The van der Waals surface area contributed by atoms with Crippen LogP contribution in [0.1, 0.15) is 232 Å².